The maximum atomic E-state index is 12.8. The van der Waals surface area contributed by atoms with Crippen LogP contribution in [0.25, 0.3) is 0 Å². The molecule has 25 heavy (non-hydrogen) atoms. The lowest BCUT2D eigenvalue weighted by Crippen LogP contribution is -2.48. The molecule has 2 bridgehead atoms. The molecule has 6 nitrogen and oxygen atoms in total. The van der Waals surface area contributed by atoms with Gasteiger partial charge in [-0.25, -0.2) is 4.79 Å². The van der Waals surface area contributed by atoms with Gasteiger partial charge in [-0.2, -0.15) is 0 Å². The molecule has 4 aliphatic carbocycles. The van der Waals surface area contributed by atoms with Crippen LogP contribution in [0.2, 0.25) is 0 Å². The molecule has 0 heterocycles. The van der Waals surface area contributed by atoms with E-state index in [-0.39, 0.29) is 17.7 Å². The van der Waals surface area contributed by atoms with E-state index in [2.05, 4.69) is 10.1 Å². The molecule has 4 aliphatic rings. The van der Waals surface area contributed by atoms with Gasteiger partial charge >= 0.3 is 11.9 Å². The van der Waals surface area contributed by atoms with E-state index in [0.717, 1.165) is 6.42 Å². The van der Waals surface area contributed by atoms with Crippen LogP contribution in [-0.4, -0.2) is 30.1 Å². The molecule has 6 heteroatoms. The van der Waals surface area contributed by atoms with E-state index in [0.29, 0.717) is 23.1 Å². The van der Waals surface area contributed by atoms with Gasteiger partial charge in [0.05, 0.1) is 24.5 Å². The van der Waals surface area contributed by atoms with Crippen molar-refractivity contribution in [2.24, 2.45) is 35.5 Å². The van der Waals surface area contributed by atoms with E-state index >= 15 is 0 Å². The Bertz CT molecular complexity index is 769. The van der Waals surface area contributed by atoms with Gasteiger partial charge in [0.15, 0.2) is 0 Å². The fourth-order valence-electron chi connectivity index (χ4n) is 4.60. The highest BCUT2D eigenvalue weighted by molar-refractivity contribution is 5.97. The lowest BCUT2D eigenvalue weighted by molar-refractivity contribution is -0.152. The van der Waals surface area contributed by atoms with E-state index in [4.69, 9.17) is 0 Å². The minimum absolute atomic E-state index is 0.00504. The summed E-state index contributed by atoms with van der Waals surface area (Å²) in [5.74, 6) is -1.96. The number of carboxylic acids is 1. The molecule has 1 aromatic rings. The monoisotopic (exact) mass is 341 g/mol. The molecular formula is C19H19NO5. The van der Waals surface area contributed by atoms with Crippen molar-refractivity contribution in [2.75, 3.05) is 12.4 Å². The average Bonchev–Trinajstić information content (AvgIpc) is 3.43. The van der Waals surface area contributed by atoms with Crippen LogP contribution in [0.1, 0.15) is 16.8 Å². The fourth-order valence-corrected chi connectivity index (χ4v) is 4.60. The van der Waals surface area contributed by atoms with Gasteiger partial charge in [0.2, 0.25) is 5.91 Å². The van der Waals surface area contributed by atoms with Crippen molar-refractivity contribution in [1.29, 1.82) is 0 Å². The standard InChI is InChI=1S/C19H19NO5/c1-25-19(24)9-2-4-10(5-3-9)20-17(21)15-11-6-7-12(14-8-13(11)14)16(15)18(22)23/h2-7,11-16H,8H2,1H3,(H,20,21)(H,22,23)/t11-,12+,13-,14+,15-,16+/m1/s1. The van der Waals surface area contributed by atoms with Crippen molar-refractivity contribution in [2.45, 2.75) is 6.42 Å². The zero-order chi connectivity index (χ0) is 17.7. The molecule has 1 amide bonds. The number of ether oxygens (including phenoxy) is 1. The van der Waals surface area contributed by atoms with Crippen molar-refractivity contribution in [3.8, 4) is 0 Å². The van der Waals surface area contributed by atoms with Gasteiger partial charge in [-0.3, -0.25) is 9.59 Å². The number of allylic oxidation sites excluding steroid dienone is 2. The number of amides is 1. The molecule has 2 N–H and O–H groups in total. The topological polar surface area (TPSA) is 92.7 Å². The molecule has 1 aromatic carbocycles. The van der Waals surface area contributed by atoms with Gasteiger partial charge in [-0.15, -0.1) is 0 Å². The Morgan fingerprint density at radius 3 is 2.20 bits per heavy atom. The smallest absolute Gasteiger partial charge is 0.337 e. The van der Waals surface area contributed by atoms with E-state index < -0.39 is 23.8 Å². The average molecular weight is 341 g/mol. The second-order valence-electron chi connectivity index (χ2n) is 7.05. The number of carbonyl (C=O) groups excluding carboxylic acids is 2. The minimum atomic E-state index is -0.897. The van der Waals surface area contributed by atoms with Crippen LogP contribution in [0.3, 0.4) is 0 Å². The Morgan fingerprint density at radius 2 is 1.64 bits per heavy atom. The number of carbonyl (C=O) groups is 3. The van der Waals surface area contributed by atoms with Crippen LogP contribution in [0.5, 0.6) is 0 Å². The first kappa shape index (κ1) is 15.9. The van der Waals surface area contributed by atoms with Crippen molar-refractivity contribution in [1.82, 2.24) is 0 Å². The summed E-state index contributed by atoms with van der Waals surface area (Å²) >= 11 is 0. The second kappa shape index (κ2) is 5.72. The second-order valence-corrected chi connectivity index (χ2v) is 7.05. The van der Waals surface area contributed by atoms with Crippen molar-refractivity contribution in [3.63, 3.8) is 0 Å². The zero-order valence-corrected chi connectivity index (χ0v) is 13.7. The molecule has 0 aliphatic heterocycles. The first-order valence-electron chi connectivity index (χ1n) is 8.41. The molecular weight excluding hydrogens is 322 g/mol. The number of esters is 1. The third-order valence-corrected chi connectivity index (χ3v) is 5.81. The van der Waals surface area contributed by atoms with Crippen LogP contribution in [0.4, 0.5) is 5.69 Å². The molecule has 2 saturated carbocycles. The largest absolute Gasteiger partial charge is 0.481 e. The molecule has 0 saturated heterocycles. The van der Waals surface area contributed by atoms with Crippen molar-refractivity contribution >= 4 is 23.5 Å². The van der Waals surface area contributed by atoms with E-state index in [1.54, 1.807) is 24.3 Å². The Labute approximate surface area is 144 Å². The van der Waals surface area contributed by atoms with Crippen molar-refractivity contribution < 1.29 is 24.2 Å². The third-order valence-electron chi connectivity index (χ3n) is 5.81. The van der Waals surface area contributed by atoms with E-state index in [9.17, 15) is 19.5 Å². The summed E-state index contributed by atoms with van der Waals surface area (Å²) in [5.41, 5.74) is 0.934. The fraction of sp³-hybridized carbons (Fsp3) is 0.421. The SMILES string of the molecule is COC(=O)c1ccc(NC(=O)[C@@H]2[C@@H]3C=C[C@@H]([C@@H]4C[C@H]34)[C@@H]2C(=O)O)cc1. The Hall–Kier alpha value is -2.63. The normalized spacial score (nSPS) is 34.1. The summed E-state index contributed by atoms with van der Waals surface area (Å²) in [4.78, 5) is 36.0. The van der Waals surface area contributed by atoms with Gasteiger partial charge in [-0.05, 0) is 54.4 Å². The number of carboxylic acid groups (broad SMARTS) is 1. The molecule has 0 aromatic heterocycles. The number of hydrogen-bond donors (Lipinski definition) is 2. The summed E-state index contributed by atoms with van der Waals surface area (Å²) in [7, 11) is 1.31. The molecule has 2 fully saturated rings. The summed E-state index contributed by atoms with van der Waals surface area (Å²) in [5, 5.41) is 12.5. The molecule has 0 spiro atoms. The quantitative estimate of drug-likeness (QED) is 0.647. The van der Waals surface area contributed by atoms with Crippen LogP contribution in [-0.2, 0) is 14.3 Å². The predicted octanol–water partition coefficient (Wildman–Crippen LogP) is 2.18. The minimum Gasteiger partial charge on any atom is -0.481 e. The number of nitrogens with one attached hydrogen (secondary N) is 1. The number of benzene rings is 1. The lowest BCUT2D eigenvalue weighted by atomic mass is 9.62. The van der Waals surface area contributed by atoms with E-state index in [1.807, 2.05) is 12.2 Å². The van der Waals surface area contributed by atoms with E-state index in [1.165, 1.54) is 7.11 Å². The number of hydrogen-bond acceptors (Lipinski definition) is 4. The third kappa shape index (κ3) is 2.52. The molecule has 0 radical (unpaired) electrons. The molecule has 6 atom stereocenters. The van der Waals surface area contributed by atoms with Crippen LogP contribution < -0.4 is 5.32 Å². The highest BCUT2D eigenvalue weighted by Gasteiger charge is 2.62. The zero-order valence-electron chi connectivity index (χ0n) is 13.7. The Morgan fingerprint density at radius 1 is 1.04 bits per heavy atom. The lowest BCUT2D eigenvalue weighted by Gasteiger charge is -2.41. The maximum Gasteiger partial charge on any atom is 0.337 e. The summed E-state index contributed by atoms with van der Waals surface area (Å²) in [6.07, 6.45) is 5.04. The van der Waals surface area contributed by atoms with Crippen LogP contribution in [0, 0.1) is 35.5 Å². The summed E-state index contributed by atoms with van der Waals surface area (Å²) in [6.45, 7) is 0. The highest BCUT2D eigenvalue weighted by Crippen LogP contribution is 2.63. The van der Waals surface area contributed by atoms with Gasteiger partial charge in [0, 0.05) is 5.69 Å². The maximum absolute atomic E-state index is 12.8. The predicted molar refractivity (Wildman–Crippen MR) is 88.7 cm³/mol. The van der Waals surface area contributed by atoms with Crippen LogP contribution in [0.15, 0.2) is 36.4 Å². The summed E-state index contributed by atoms with van der Waals surface area (Å²) < 4.78 is 4.64. The van der Waals surface area contributed by atoms with Gasteiger partial charge in [-0.1, -0.05) is 12.2 Å². The number of anilines is 1. The van der Waals surface area contributed by atoms with Gasteiger partial charge in [0.25, 0.3) is 0 Å². The summed E-state index contributed by atoms with van der Waals surface area (Å²) in [6, 6.07) is 6.38. The Kier molecular flexibility index (Phi) is 3.63. The number of methoxy groups -OCH3 is 1. The molecule has 130 valence electrons. The molecule has 0 unspecified atom stereocenters. The number of fused-ring (bicyclic) bond motifs is 1. The molecule has 5 rings (SSSR count). The first-order chi connectivity index (χ1) is 12.0. The van der Waals surface area contributed by atoms with Crippen LogP contribution >= 0.6 is 0 Å². The van der Waals surface area contributed by atoms with Gasteiger partial charge < -0.3 is 15.2 Å². The highest BCUT2D eigenvalue weighted by atomic mass is 16.5. The number of aliphatic carboxylic acids is 1. The number of rotatable bonds is 4. The van der Waals surface area contributed by atoms with Gasteiger partial charge in [0.1, 0.15) is 0 Å². The van der Waals surface area contributed by atoms with Crippen molar-refractivity contribution in [3.05, 3.63) is 42.0 Å². The first-order valence-corrected chi connectivity index (χ1v) is 8.41. The Balaban J connectivity index is 1.53.